The first kappa shape index (κ1) is 14.6. The molecule has 0 aromatic carbocycles. The second kappa shape index (κ2) is 6.23. The maximum atomic E-state index is 13.3. The number of nitrogens with one attached hydrogen (secondary N) is 1. The van der Waals surface area contributed by atoms with Crippen LogP contribution < -0.4 is 0 Å². The molecule has 1 unspecified atom stereocenters. The molecule has 1 N–H and O–H groups in total. The summed E-state index contributed by atoms with van der Waals surface area (Å²) in [6, 6.07) is 1.25. The van der Waals surface area contributed by atoms with Gasteiger partial charge in [-0.1, -0.05) is 6.92 Å². The van der Waals surface area contributed by atoms with E-state index in [-0.39, 0.29) is 17.5 Å². The monoisotopic (exact) mass is 303 g/mol. The number of piperazine rings is 1. The lowest BCUT2D eigenvalue weighted by Gasteiger charge is -2.40. The number of nitrogens with zero attached hydrogens (tertiary/aromatic N) is 4. The van der Waals surface area contributed by atoms with E-state index in [1.807, 2.05) is 0 Å². The second-order valence-electron chi connectivity index (χ2n) is 5.26. The Morgan fingerprint density at radius 1 is 1.45 bits per heavy atom. The highest BCUT2D eigenvalue weighted by atomic mass is 19.1. The van der Waals surface area contributed by atoms with Crippen molar-refractivity contribution in [3.63, 3.8) is 0 Å². The van der Waals surface area contributed by atoms with Crippen LogP contribution >= 0.6 is 0 Å². The van der Waals surface area contributed by atoms with Gasteiger partial charge in [-0.2, -0.15) is 0 Å². The number of rotatable bonds is 3. The summed E-state index contributed by atoms with van der Waals surface area (Å²) in [4.78, 5) is 27.7. The van der Waals surface area contributed by atoms with Gasteiger partial charge in [0.2, 0.25) is 0 Å². The van der Waals surface area contributed by atoms with E-state index >= 15 is 0 Å². The van der Waals surface area contributed by atoms with Gasteiger partial charge >= 0.3 is 0 Å². The minimum Gasteiger partial charge on any atom is -0.347 e. The van der Waals surface area contributed by atoms with Gasteiger partial charge in [0, 0.05) is 38.2 Å². The van der Waals surface area contributed by atoms with Crippen LogP contribution in [0, 0.1) is 5.82 Å². The molecular formula is C15H18FN5O. The van der Waals surface area contributed by atoms with Gasteiger partial charge in [0.1, 0.15) is 11.6 Å². The Hall–Kier alpha value is -2.28. The predicted molar refractivity (Wildman–Crippen MR) is 78.7 cm³/mol. The molecule has 3 rings (SSSR count). The number of amides is 1. The van der Waals surface area contributed by atoms with Crippen LogP contribution in [0.5, 0.6) is 0 Å². The summed E-state index contributed by atoms with van der Waals surface area (Å²) in [5, 5.41) is 0. The maximum absolute atomic E-state index is 13.3. The van der Waals surface area contributed by atoms with Gasteiger partial charge in [0.05, 0.1) is 17.8 Å². The highest BCUT2D eigenvalue weighted by Gasteiger charge is 2.31. The summed E-state index contributed by atoms with van der Waals surface area (Å²) < 4.78 is 13.3. The Balaban J connectivity index is 1.79. The van der Waals surface area contributed by atoms with Crippen molar-refractivity contribution >= 4 is 5.91 Å². The van der Waals surface area contributed by atoms with Crippen molar-refractivity contribution in [1.82, 2.24) is 24.8 Å². The van der Waals surface area contributed by atoms with Gasteiger partial charge in [-0.05, 0) is 12.6 Å². The fourth-order valence-corrected chi connectivity index (χ4v) is 2.81. The minimum atomic E-state index is -0.499. The molecule has 1 aliphatic heterocycles. The van der Waals surface area contributed by atoms with Gasteiger partial charge < -0.3 is 9.88 Å². The number of hydrogen-bond acceptors (Lipinski definition) is 4. The number of aromatic nitrogens is 3. The number of aromatic amines is 1. The number of carbonyl (C=O) groups is 1. The summed E-state index contributed by atoms with van der Waals surface area (Å²) >= 11 is 0. The summed E-state index contributed by atoms with van der Waals surface area (Å²) in [7, 11) is 0. The highest BCUT2D eigenvalue weighted by Crippen LogP contribution is 2.23. The first-order valence-electron chi connectivity index (χ1n) is 7.32. The summed E-state index contributed by atoms with van der Waals surface area (Å²) in [5.74, 6) is 0.150. The van der Waals surface area contributed by atoms with Crippen molar-refractivity contribution in [3.8, 4) is 0 Å². The zero-order valence-electron chi connectivity index (χ0n) is 12.4. The molecule has 0 bridgehead atoms. The van der Waals surface area contributed by atoms with Crippen molar-refractivity contribution < 1.29 is 9.18 Å². The van der Waals surface area contributed by atoms with Gasteiger partial charge in [0.25, 0.3) is 5.91 Å². The largest absolute Gasteiger partial charge is 0.347 e. The molecule has 2 aromatic rings. The molecule has 7 heteroatoms. The van der Waals surface area contributed by atoms with Gasteiger partial charge in [-0.25, -0.2) is 9.37 Å². The number of H-pyrrole nitrogens is 1. The smallest absolute Gasteiger partial charge is 0.255 e. The summed E-state index contributed by atoms with van der Waals surface area (Å²) in [5.41, 5.74) is 0.281. The average Bonchev–Trinajstić information content (AvgIpc) is 3.08. The second-order valence-corrected chi connectivity index (χ2v) is 5.26. The fourth-order valence-electron chi connectivity index (χ4n) is 2.81. The molecule has 1 saturated heterocycles. The van der Waals surface area contributed by atoms with E-state index in [0.29, 0.717) is 13.1 Å². The lowest BCUT2D eigenvalue weighted by Crippen LogP contribution is -2.50. The summed E-state index contributed by atoms with van der Waals surface area (Å²) in [6.07, 6.45) is 5.98. The van der Waals surface area contributed by atoms with Crippen LogP contribution in [0.25, 0.3) is 0 Å². The quantitative estimate of drug-likeness (QED) is 0.932. The van der Waals surface area contributed by atoms with E-state index in [1.54, 1.807) is 17.3 Å². The van der Waals surface area contributed by atoms with E-state index in [2.05, 4.69) is 26.8 Å². The maximum Gasteiger partial charge on any atom is 0.255 e. The van der Waals surface area contributed by atoms with Gasteiger partial charge in [-0.3, -0.25) is 14.7 Å². The molecule has 1 aliphatic rings. The van der Waals surface area contributed by atoms with Crippen molar-refractivity contribution in [2.75, 3.05) is 26.2 Å². The Morgan fingerprint density at radius 3 is 3.00 bits per heavy atom. The van der Waals surface area contributed by atoms with E-state index in [1.165, 1.54) is 12.3 Å². The molecule has 1 atom stereocenters. The topological polar surface area (TPSA) is 65.1 Å². The number of carbonyl (C=O) groups excluding carboxylic acids is 1. The van der Waals surface area contributed by atoms with Crippen molar-refractivity contribution in [1.29, 1.82) is 0 Å². The van der Waals surface area contributed by atoms with Gasteiger partial charge in [-0.15, -0.1) is 0 Å². The van der Waals surface area contributed by atoms with E-state index < -0.39 is 5.82 Å². The molecule has 22 heavy (non-hydrogen) atoms. The Kier molecular flexibility index (Phi) is 4.15. The molecule has 0 aliphatic carbocycles. The minimum absolute atomic E-state index is 0.0271. The standard InChI is InChI=1S/C15H18FN5O/c1-2-20-5-6-21(10-13(20)14-18-3-4-19-14)15(22)11-7-12(16)9-17-8-11/h3-4,7-9,13H,2,5-6,10H2,1H3,(H,18,19). The fraction of sp³-hybridized carbons (Fsp3) is 0.400. The molecular weight excluding hydrogens is 285 g/mol. The molecule has 3 heterocycles. The van der Waals surface area contributed by atoms with Crippen LogP contribution in [-0.4, -0.2) is 56.8 Å². The molecule has 1 fully saturated rings. The van der Waals surface area contributed by atoms with Crippen LogP contribution in [-0.2, 0) is 0 Å². The van der Waals surface area contributed by atoms with E-state index in [4.69, 9.17) is 0 Å². The van der Waals surface area contributed by atoms with Crippen LogP contribution in [0.3, 0.4) is 0 Å². The molecule has 116 valence electrons. The normalized spacial score (nSPS) is 19.4. The third kappa shape index (κ3) is 2.85. The third-order valence-electron chi connectivity index (χ3n) is 3.97. The third-order valence-corrected chi connectivity index (χ3v) is 3.97. The SMILES string of the molecule is CCN1CCN(C(=O)c2cncc(F)c2)CC1c1ncc[nH]1. The molecule has 0 radical (unpaired) electrons. The lowest BCUT2D eigenvalue weighted by molar-refractivity contribution is 0.0479. The Morgan fingerprint density at radius 2 is 2.32 bits per heavy atom. The average molecular weight is 303 g/mol. The molecule has 0 spiro atoms. The molecule has 1 amide bonds. The molecule has 0 saturated carbocycles. The van der Waals surface area contributed by atoms with Crippen LogP contribution in [0.15, 0.2) is 30.9 Å². The zero-order valence-corrected chi connectivity index (χ0v) is 12.4. The summed E-state index contributed by atoms with van der Waals surface area (Å²) in [6.45, 7) is 4.87. The first-order chi connectivity index (χ1) is 10.7. The number of likely N-dealkylation sites (N-methyl/N-ethyl adjacent to an activating group) is 1. The lowest BCUT2D eigenvalue weighted by atomic mass is 10.1. The van der Waals surface area contributed by atoms with Crippen molar-refractivity contribution in [3.05, 3.63) is 48.1 Å². The number of pyridine rings is 1. The zero-order chi connectivity index (χ0) is 15.5. The van der Waals surface area contributed by atoms with Crippen molar-refractivity contribution in [2.24, 2.45) is 0 Å². The Labute approximate surface area is 128 Å². The number of imidazole rings is 1. The van der Waals surface area contributed by atoms with Gasteiger partial charge in [0.15, 0.2) is 0 Å². The Bertz CT molecular complexity index is 645. The molecule has 6 nitrogen and oxygen atoms in total. The van der Waals surface area contributed by atoms with Crippen molar-refractivity contribution in [2.45, 2.75) is 13.0 Å². The van der Waals surface area contributed by atoms with E-state index in [0.717, 1.165) is 25.1 Å². The number of hydrogen-bond donors (Lipinski definition) is 1. The predicted octanol–water partition coefficient (Wildman–Crippen LogP) is 1.46. The van der Waals surface area contributed by atoms with Crippen LogP contribution in [0.4, 0.5) is 4.39 Å². The first-order valence-corrected chi connectivity index (χ1v) is 7.32. The molecule has 2 aromatic heterocycles. The van der Waals surface area contributed by atoms with E-state index in [9.17, 15) is 9.18 Å². The van der Waals surface area contributed by atoms with Crippen LogP contribution in [0.2, 0.25) is 0 Å². The highest BCUT2D eigenvalue weighted by molar-refractivity contribution is 5.94. The van der Waals surface area contributed by atoms with Crippen LogP contribution in [0.1, 0.15) is 29.1 Å². The number of halogens is 1.